The molecule has 0 aliphatic heterocycles. The number of pyridine rings is 1. The van der Waals surface area contributed by atoms with Crippen LogP contribution in [0.4, 0.5) is 0 Å². The monoisotopic (exact) mass is 299 g/mol. The zero-order valence-electron chi connectivity index (χ0n) is 11.8. The average molecular weight is 300 g/mol. The van der Waals surface area contributed by atoms with Crippen molar-refractivity contribution in [2.75, 3.05) is 7.11 Å². The Morgan fingerprint density at radius 2 is 1.90 bits per heavy atom. The van der Waals surface area contributed by atoms with Crippen LogP contribution in [-0.4, -0.2) is 22.1 Å². The molecular formula is C16H14ClN3O. The SMILES string of the molecule is COCc1cc(Cl)nc(-c2cc(C)nc3ccccc23)n1. The summed E-state index contributed by atoms with van der Waals surface area (Å²) in [5.74, 6) is 0.594. The van der Waals surface area contributed by atoms with Crippen LogP contribution >= 0.6 is 11.6 Å². The molecule has 0 amide bonds. The van der Waals surface area contributed by atoms with Crippen LogP contribution in [0.2, 0.25) is 5.15 Å². The quantitative estimate of drug-likeness (QED) is 0.690. The lowest BCUT2D eigenvalue weighted by Gasteiger charge is -2.08. The smallest absolute Gasteiger partial charge is 0.161 e. The number of methoxy groups -OCH3 is 1. The number of para-hydroxylation sites is 1. The highest BCUT2D eigenvalue weighted by Crippen LogP contribution is 2.27. The summed E-state index contributed by atoms with van der Waals surface area (Å²) in [6.45, 7) is 2.35. The van der Waals surface area contributed by atoms with Gasteiger partial charge in [-0.05, 0) is 25.1 Å². The number of nitrogens with zero attached hydrogens (tertiary/aromatic N) is 3. The van der Waals surface area contributed by atoms with Crippen LogP contribution in [0, 0.1) is 6.92 Å². The standard InChI is InChI=1S/C16H14ClN3O/c1-10-7-13(12-5-3-4-6-14(12)18-10)16-19-11(9-21-2)8-15(17)20-16/h3-8H,9H2,1-2H3. The fourth-order valence-corrected chi connectivity index (χ4v) is 2.51. The molecule has 21 heavy (non-hydrogen) atoms. The lowest BCUT2D eigenvalue weighted by molar-refractivity contribution is 0.181. The van der Waals surface area contributed by atoms with Crippen molar-refractivity contribution >= 4 is 22.5 Å². The van der Waals surface area contributed by atoms with Gasteiger partial charge >= 0.3 is 0 Å². The summed E-state index contributed by atoms with van der Waals surface area (Å²) in [7, 11) is 1.63. The van der Waals surface area contributed by atoms with Crippen LogP contribution in [-0.2, 0) is 11.3 Å². The first-order chi connectivity index (χ1) is 10.2. The molecule has 4 nitrogen and oxygen atoms in total. The second-order valence-corrected chi connectivity index (χ2v) is 5.15. The molecule has 2 aromatic heterocycles. The van der Waals surface area contributed by atoms with Gasteiger partial charge in [0.25, 0.3) is 0 Å². The lowest BCUT2D eigenvalue weighted by Crippen LogP contribution is -1.99. The van der Waals surface area contributed by atoms with Crippen molar-refractivity contribution in [2.45, 2.75) is 13.5 Å². The number of benzene rings is 1. The van der Waals surface area contributed by atoms with E-state index in [1.165, 1.54) is 0 Å². The van der Waals surface area contributed by atoms with Gasteiger partial charge in [0.15, 0.2) is 5.82 Å². The molecule has 0 unspecified atom stereocenters. The molecule has 106 valence electrons. The van der Waals surface area contributed by atoms with Crippen LogP contribution < -0.4 is 0 Å². The molecule has 5 heteroatoms. The highest BCUT2D eigenvalue weighted by atomic mass is 35.5. The maximum atomic E-state index is 6.10. The molecule has 2 heterocycles. The minimum atomic E-state index is 0.400. The number of ether oxygens (including phenoxy) is 1. The molecule has 0 atom stereocenters. The van der Waals surface area contributed by atoms with Crippen LogP contribution in [0.3, 0.4) is 0 Å². The first-order valence-corrected chi connectivity index (χ1v) is 6.94. The van der Waals surface area contributed by atoms with Crippen LogP contribution in [0.15, 0.2) is 36.4 Å². The fraction of sp³-hybridized carbons (Fsp3) is 0.188. The van der Waals surface area contributed by atoms with Gasteiger partial charge in [0.05, 0.1) is 17.8 Å². The minimum Gasteiger partial charge on any atom is -0.378 e. The lowest BCUT2D eigenvalue weighted by atomic mass is 10.1. The topological polar surface area (TPSA) is 47.9 Å². The molecular weight excluding hydrogens is 286 g/mol. The summed E-state index contributed by atoms with van der Waals surface area (Å²) in [4.78, 5) is 13.4. The van der Waals surface area contributed by atoms with E-state index < -0.39 is 0 Å². The molecule has 0 spiro atoms. The predicted octanol–water partition coefficient (Wildman–Crippen LogP) is 3.80. The molecule has 0 fully saturated rings. The highest BCUT2D eigenvalue weighted by molar-refractivity contribution is 6.29. The molecule has 0 aliphatic carbocycles. The van der Waals surface area contributed by atoms with Crippen LogP contribution in [0.1, 0.15) is 11.4 Å². The van der Waals surface area contributed by atoms with E-state index in [9.17, 15) is 0 Å². The molecule has 3 aromatic rings. The molecule has 3 rings (SSSR count). The summed E-state index contributed by atoms with van der Waals surface area (Å²) in [5.41, 5.74) is 3.52. The van der Waals surface area contributed by atoms with Gasteiger partial charge in [-0.15, -0.1) is 0 Å². The van der Waals surface area contributed by atoms with Crippen LogP contribution in [0.5, 0.6) is 0 Å². The number of aryl methyl sites for hydroxylation is 1. The summed E-state index contributed by atoms with van der Waals surface area (Å²) in [6, 6.07) is 11.6. The number of aromatic nitrogens is 3. The normalized spacial score (nSPS) is 11.0. The van der Waals surface area contributed by atoms with Gasteiger partial charge in [-0.3, -0.25) is 4.98 Å². The molecule has 0 aliphatic rings. The molecule has 0 saturated carbocycles. The van der Waals surface area contributed by atoms with E-state index in [0.717, 1.165) is 27.9 Å². The number of fused-ring (bicyclic) bond motifs is 1. The predicted molar refractivity (Wildman–Crippen MR) is 83.2 cm³/mol. The first-order valence-electron chi connectivity index (χ1n) is 6.56. The van der Waals surface area contributed by atoms with E-state index in [1.807, 2.05) is 37.3 Å². The molecule has 0 N–H and O–H groups in total. The van der Waals surface area contributed by atoms with Gasteiger partial charge in [0, 0.05) is 23.8 Å². The van der Waals surface area contributed by atoms with Gasteiger partial charge in [-0.25, -0.2) is 9.97 Å². The summed E-state index contributed by atoms with van der Waals surface area (Å²) < 4.78 is 5.12. The second-order valence-electron chi connectivity index (χ2n) is 4.77. The number of hydrogen-bond acceptors (Lipinski definition) is 4. The van der Waals surface area contributed by atoms with E-state index in [-0.39, 0.29) is 0 Å². The Morgan fingerprint density at radius 1 is 1.10 bits per heavy atom. The van der Waals surface area contributed by atoms with Gasteiger partial charge in [0.2, 0.25) is 0 Å². The molecule has 0 radical (unpaired) electrons. The van der Waals surface area contributed by atoms with Crippen molar-refractivity contribution in [1.29, 1.82) is 0 Å². The third kappa shape index (κ3) is 2.86. The number of hydrogen-bond donors (Lipinski definition) is 0. The molecule has 0 saturated heterocycles. The fourth-order valence-electron chi connectivity index (χ4n) is 2.30. The van der Waals surface area contributed by atoms with Crippen molar-refractivity contribution in [3.8, 4) is 11.4 Å². The van der Waals surface area contributed by atoms with Crippen LogP contribution in [0.25, 0.3) is 22.3 Å². The summed E-state index contributed by atoms with van der Waals surface area (Å²) in [6.07, 6.45) is 0. The third-order valence-corrected chi connectivity index (χ3v) is 3.32. The van der Waals surface area contributed by atoms with E-state index >= 15 is 0 Å². The minimum absolute atomic E-state index is 0.400. The highest BCUT2D eigenvalue weighted by Gasteiger charge is 2.11. The van der Waals surface area contributed by atoms with Crippen molar-refractivity contribution in [2.24, 2.45) is 0 Å². The van der Waals surface area contributed by atoms with Gasteiger partial charge in [-0.2, -0.15) is 0 Å². The van der Waals surface area contributed by atoms with Gasteiger partial charge in [-0.1, -0.05) is 29.8 Å². The maximum absolute atomic E-state index is 6.10. The summed E-state index contributed by atoms with van der Waals surface area (Å²) >= 11 is 6.10. The zero-order valence-corrected chi connectivity index (χ0v) is 12.6. The Labute approximate surface area is 127 Å². The van der Waals surface area contributed by atoms with E-state index in [4.69, 9.17) is 16.3 Å². The van der Waals surface area contributed by atoms with E-state index in [1.54, 1.807) is 13.2 Å². The van der Waals surface area contributed by atoms with Crippen molar-refractivity contribution in [3.05, 3.63) is 52.9 Å². The Balaban J connectivity index is 2.24. The summed E-state index contributed by atoms with van der Waals surface area (Å²) in [5, 5.41) is 1.42. The van der Waals surface area contributed by atoms with E-state index in [2.05, 4.69) is 15.0 Å². The zero-order chi connectivity index (χ0) is 14.8. The Morgan fingerprint density at radius 3 is 2.71 bits per heavy atom. The largest absolute Gasteiger partial charge is 0.378 e. The third-order valence-electron chi connectivity index (χ3n) is 3.13. The van der Waals surface area contributed by atoms with Crippen molar-refractivity contribution < 1.29 is 4.74 Å². The maximum Gasteiger partial charge on any atom is 0.161 e. The molecule has 1 aromatic carbocycles. The van der Waals surface area contributed by atoms with Gasteiger partial charge < -0.3 is 4.74 Å². The van der Waals surface area contributed by atoms with Crippen molar-refractivity contribution in [1.82, 2.24) is 15.0 Å². The van der Waals surface area contributed by atoms with Gasteiger partial charge in [0.1, 0.15) is 5.15 Å². The average Bonchev–Trinajstić information content (AvgIpc) is 2.46. The first kappa shape index (κ1) is 13.9. The Bertz CT molecular complexity index is 805. The Hall–Kier alpha value is -2.04. The second kappa shape index (κ2) is 5.76. The Kier molecular flexibility index (Phi) is 3.82. The molecule has 0 bridgehead atoms. The number of halogens is 1. The number of rotatable bonds is 3. The van der Waals surface area contributed by atoms with Crippen molar-refractivity contribution in [3.63, 3.8) is 0 Å². The van der Waals surface area contributed by atoms with E-state index in [0.29, 0.717) is 17.6 Å².